The van der Waals surface area contributed by atoms with E-state index in [1.807, 2.05) is 49.6 Å². The molecule has 8 nitrogen and oxygen atoms in total. The first-order chi connectivity index (χ1) is 14.9. The van der Waals surface area contributed by atoms with Crippen LogP contribution in [0.5, 0.6) is 0 Å². The summed E-state index contributed by atoms with van der Waals surface area (Å²) in [5, 5.41) is 11.8. The molecule has 0 unspecified atom stereocenters. The van der Waals surface area contributed by atoms with Gasteiger partial charge in [0, 0.05) is 24.3 Å². The minimum Gasteiger partial charge on any atom is -0.366 e. The molecule has 0 fully saturated rings. The largest absolute Gasteiger partial charge is 0.366 e. The molecule has 158 valence electrons. The first kappa shape index (κ1) is 20.5. The van der Waals surface area contributed by atoms with Gasteiger partial charge in [0.2, 0.25) is 5.95 Å². The molecule has 3 heterocycles. The van der Waals surface area contributed by atoms with E-state index in [0.717, 1.165) is 16.7 Å². The number of carbonyl (C=O) groups is 2. The Labute approximate surface area is 183 Å². The monoisotopic (exact) mass is 434 g/mol. The molecular weight excluding hydrogens is 412 g/mol. The van der Waals surface area contributed by atoms with Crippen molar-refractivity contribution in [2.45, 2.75) is 26.4 Å². The molecule has 0 spiro atoms. The lowest BCUT2D eigenvalue weighted by atomic mass is 10.1. The molecule has 3 aromatic heterocycles. The molecule has 0 aliphatic rings. The van der Waals surface area contributed by atoms with E-state index in [-0.39, 0.29) is 23.8 Å². The number of carbonyl (C=O) groups excluding carboxylic acids is 2. The average Bonchev–Trinajstić information content (AvgIpc) is 3.37. The number of thiophene rings is 1. The fourth-order valence-corrected chi connectivity index (χ4v) is 3.97. The summed E-state index contributed by atoms with van der Waals surface area (Å²) >= 11 is 1.34. The molecule has 4 rings (SSSR count). The zero-order valence-corrected chi connectivity index (χ0v) is 17.9. The lowest BCUT2D eigenvalue weighted by Gasteiger charge is -2.10. The van der Waals surface area contributed by atoms with Crippen LogP contribution in [0.15, 0.2) is 54.0 Å². The third-order valence-electron chi connectivity index (χ3n) is 4.57. The summed E-state index contributed by atoms with van der Waals surface area (Å²) in [4.78, 5) is 30.0. The van der Waals surface area contributed by atoms with Gasteiger partial charge in [-0.1, -0.05) is 30.3 Å². The molecule has 0 radical (unpaired) electrons. The highest BCUT2D eigenvalue weighted by Crippen LogP contribution is 2.28. The minimum absolute atomic E-state index is 0.0301. The van der Waals surface area contributed by atoms with Crippen LogP contribution in [0.1, 0.15) is 39.4 Å². The Morgan fingerprint density at radius 2 is 1.90 bits per heavy atom. The van der Waals surface area contributed by atoms with E-state index in [1.54, 1.807) is 18.3 Å². The molecule has 0 aliphatic heterocycles. The molecule has 9 heteroatoms. The Morgan fingerprint density at radius 3 is 2.65 bits per heavy atom. The normalized spacial score (nSPS) is 11.1. The van der Waals surface area contributed by atoms with Gasteiger partial charge in [0.1, 0.15) is 0 Å². The molecule has 1 aromatic carbocycles. The van der Waals surface area contributed by atoms with Gasteiger partial charge in [-0.3, -0.25) is 9.59 Å². The fourth-order valence-electron chi connectivity index (χ4n) is 3.14. The van der Waals surface area contributed by atoms with Crippen LogP contribution < -0.4 is 16.4 Å². The van der Waals surface area contributed by atoms with Crippen molar-refractivity contribution in [3.05, 3.63) is 70.0 Å². The van der Waals surface area contributed by atoms with Crippen LogP contribution in [0.25, 0.3) is 16.8 Å². The molecule has 4 aromatic rings. The number of anilines is 1. The second kappa shape index (κ2) is 8.57. The molecule has 0 atom stereocenters. The van der Waals surface area contributed by atoms with E-state index in [0.29, 0.717) is 22.6 Å². The van der Waals surface area contributed by atoms with E-state index < -0.39 is 0 Å². The van der Waals surface area contributed by atoms with Crippen molar-refractivity contribution in [3.63, 3.8) is 0 Å². The minimum atomic E-state index is -0.259. The number of hydrogen-bond donors (Lipinski definition) is 3. The maximum atomic E-state index is 12.7. The second-order valence-corrected chi connectivity index (χ2v) is 8.29. The number of nitrogens with zero attached hydrogens (tertiary/aromatic N) is 3. The van der Waals surface area contributed by atoms with Gasteiger partial charge >= 0.3 is 0 Å². The zero-order valence-electron chi connectivity index (χ0n) is 17.1. The Hall–Kier alpha value is -3.72. The molecule has 0 saturated heterocycles. The third kappa shape index (κ3) is 4.56. The third-order valence-corrected chi connectivity index (χ3v) is 5.50. The van der Waals surface area contributed by atoms with Crippen molar-refractivity contribution < 1.29 is 9.59 Å². The van der Waals surface area contributed by atoms with Gasteiger partial charge in [0.25, 0.3) is 11.8 Å². The van der Waals surface area contributed by atoms with Crippen molar-refractivity contribution >= 4 is 34.7 Å². The second-order valence-electron chi connectivity index (χ2n) is 7.38. The highest BCUT2D eigenvalue weighted by atomic mass is 32.1. The quantitative estimate of drug-likeness (QED) is 0.431. The summed E-state index contributed by atoms with van der Waals surface area (Å²) in [6.45, 7) is 4.23. The molecule has 4 N–H and O–H groups in total. The standard InChI is InChI=1S/C22H22N6O2S/c1-13(2)25-20(29)17-8-15(11-28-19(17)26-22(23)27-28)16-9-18(31-12-16)21(30)24-10-14-6-4-3-5-7-14/h3-9,11-13H,10H2,1-2H3,(H2,23,27)(H,24,30)(H,25,29). The fraction of sp³-hybridized carbons (Fsp3) is 0.182. The van der Waals surface area contributed by atoms with Crippen molar-refractivity contribution in [1.29, 1.82) is 0 Å². The highest BCUT2D eigenvalue weighted by molar-refractivity contribution is 7.12. The predicted octanol–water partition coefficient (Wildman–Crippen LogP) is 3.11. The number of nitrogens with two attached hydrogens (primary N) is 1. The Kier molecular flexibility index (Phi) is 5.68. The summed E-state index contributed by atoms with van der Waals surface area (Å²) in [6, 6.07) is 13.2. The molecule has 0 bridgehead atoms. The van der Waals surface area contributed by atoms with Crippen molar-refractivity contribution in [2.24, 2.45) is 0 Å². The predicted molar refractivity (Wildman–Crippen MR) is 121 cm³/mol. The van der Waals surface area contributed by atoms with E-state index in [9.17, 15) is 9.59 Å². The van der Waals surface area contributed by atoms with E-state index in [2.05, 4.69) is 20.7 Å². The van der Waals surface area contributed by atoms with E-state index in [4.69, 9.17) is 5.73 Å². The van der Waals surface area contributed by atoms with Crippen LogP contribution in [-0.2, 0) is 6.54 Å². The van der Waals surface area contributed by atoms with Gasteiger partial charge in [0.15, 0.2) is 5.65 Å². The number of nitrogen functional groups attached to an aromatic ring is 1. The van der Waals surface area contributed by atoms with Gasteiger partial charge in [0.05, 0.1) is 10.4 Å². The van der Waals surface area contributed by atoms with Crippen LogP contribution in [0.4, 0.5) is 5.95 Å². The van der Waals surface area contributed by atoms with Gasteiger partial charge in [-0.25, -0.2) is 4.52 Å². The molecule has 2 amide bonds. The molecule has 0 saturated carbocycles. The number of fused-ring (bicyclic) bond motifs is 1. The van der Waals surface area contributed by atoms with Gasteiger partial charge in [-0.05, 0) is 42.5 Å². The van der Waals surface area contributed by atoms with Crippen molar-refractivity contribution in [3.8, 4) is 11.1 Å². The lowest BCUT2D eigenvalue weighted by Crippen LogP contribution is -2.30. The number of aromatic nitrogens is 3. The first-order valence-electron chi connectivity index (χ1n) is 9.78. The Balaban J connectivity index is 1.61. The number of benzene rings is 1. The summed E-state index contributed by atoms with van der Waals surface area (Å²) in [5.74, 6) is -0.323. The number of pyridine rings is 1. The smallest absolute Gasteiger partial charge is 0.261 e. The SMILES string of the molecule is CC(C)NC(=O)c1cc(-c2csc(C(=O)NCc3ccccc3)c2)cn2nc(N)nc12. The van der Waals surface area contributed by atoms with Crippen molar-refractivity contribution in [2.75, 3.05) is 5.73 Å². The Morgan fingerprint density at radius 1 is 1.13 bits per heavy atom. The summed E-state index contributed by atoms with van der Waals surface area (Å²) < 4.78 is 1.49. The van der Waals surface area contributed by atoms with Gasteiger partial charge in [-0.15, -0.1) is 16.4 Å². The molecule has 0 aliphatic carbocycles. The molecule has 31 heavy (non-hydrogen) atoms. The van der Waals surface area contributed by atoms with Crippen LogP contribution in [-0.4, -0.2) is 32.5 Å². The maximum absolute atomic E-state index is 12.7. The number of nitrogens with one attached hydrogen (secondary N) is 2. The van der Waals surface area contributed by atoms with E-state index in [1.165, 1.54) is 15.9 Å². The highest BCUT2D eigenvalue weighted by Gasteiger charge is 2.18. The zero-order chi connectivity index (χ0) is 22.0. The van der Waals surface area contributed by atoms with E-state index >= 15 is 0 Å². The number of hydrogen-bond acceptors (Lipinski definition) is 6. The number of amides is 2. The molecular formula is C22H22N6O2S. The topological polar surface area (TPSA) is 114 Å². The van der Waals surface area contributed by atoms with Crippen LogP contribution in [0, 0.1) is 0 Å². The van der Waals surface area contributed by atoms with Crippen molar-refractivity contribution in [1.82, 2.24) is 25.2 Å². The van der Waals surface area contributed by atoms with Gasteiger partial charge in [-0.2, -0.15) is 4.98 Å². The number of rotatable bonds is 6. The summed E-state index contributed by atoms with van der Waals surface area (Å²) in [6.07, 6.45) is 1.75. The first-order valence-corrected chi connectivity index (χ1v) is 10.7. The van der Waals surface area contributed by atoms with Crippen LogP contribution in [0.2, 0.25) is 0 Å². The van der Waals surface area contributed by atoms with Gasteiger partial charge < -0.3 is 16.4 Å². The maximum Gasteiger partial charge on any atom is 0.261 e. The Bertz CT molecular complexity index is 1250. The lowest BCUT2D eigenvalue weighted by molar-refractivity contribution is 0.0939. The van der Waals surface area contributed by atoms with Crippen LogP contribution in [0.3, 0.4) is 0 Å². The average molecular weight is 435 g/mol. The summed E-state index contributed by atoms with van der Waals surface area (Å²) in [7, 11) is 0. The summed E-state index contributed by atoms with van der Waals surface area (Å²) in [5.41, 5.74) is 9.09. The van der Waals surface area contributed by atoms with Crippen LogP contribution >= 0.6 is 11.3 Å².